The number of ether oxygens (including phenoxy) is 1. The standard InChI is InChI=1S/C13H19N3O4/c1-2-5-16(11-8-20-7-10(11)13(18)19)12(17)6-9-3-4-14-15-9/h3-4,10-11H,2,5-8H2,1H3,(H,14,15)(H,18,19). The van der Waals surface area contributed by atoms with E-state index in [0.29, 0.717) is 6.54 Å². The number of aromatic nitrogens is 2. The molecule has 1 aliphatic heterocycles. The van der Waals surface area contributed by atoms with E-state index in [1.165, 1.54) is 0 Å². The lowest BCUT2D eigenvalue weighted by Crippen LogP contribution is -2.47. The van der Waals surface area contributed by atoms with E-state index in [1.54, 1.807) is 17.2 Å². The molecule has 2 heterocycles. The summed E-state index contributed by atoms with van der Waals surface area (Å²) in [7, 11) is 0. The molecule has 0 spiro atoms. The number of nitrogens with zero attached hydrogens (tertiary/aromatic N) is 2. The highest BCUT2D eigenvalue weighted by molar-refractivity contribution is 5.80. The average Bonchev–Trinajstić information content (AvgIpc) is 3.06. The Morgan fingerprint density at radius 3 is 2.95 bits per heavy atom. The lowest BCUT2D eigenvalue weighted by atomic mass is 10.0. The maximum atomic E-state index is 12.4. The molecule has 0 aromatic carbocycles. The molecule has 7 heteroatoms. The molecule has 0 radical (unpaired) electrons. The molecule has 2 rings (SSSR count). The third kappa shape index (κ3) is 3.16. The number of carbonyl (C=O) groups excluding carboxylic acids is 1. The van der Waals surface area contributed by atoms with Gasteiger partial charge in [-0.2, -0.15) is 5.10 Å². The van der Waals surface area contributed by atoms with Gasteiger partial charge in [0.05, 0.1) is 25.7 Å². The topological polar surface area (TPSA) is 95.5 Å². The molecule has 0 saturated carbocycles. The minimum atomic E-state index is -0.914. The summed E-state index contributed by atoms with van der Waals surface area (Å²) in [5, 5.41) is 15.8. The van der Waals surface area contributed by atoms with Crippen LogP contribution >= 0.6 is 0 Å². The van der Waals surface area contributed by atoms with Gasteiger partial charge in [0.2, 0.25) is 5.91 Å². The van der Waals surface area contributed by atoms with Crippen molar-refractivity contribution in [3.05, 3.63) is 18.0 Å². The zero-order valence-electron chi connectivity index (χ0n) is 11.4. The Morgan fingerprint density at radius 2 is 2.35 bits per heavy atom. The van der Waals surface area contributed by atoms with Crippen LogP contribution in [0.4, 0.5) is 0 Å². The number of aliphatic carboxylic acids is 1. The molecule has 1 fully saturated rings. The van der Waals surface area contributed by atoms with Gasteiger partial charge in [0.25, 0.3) is 0 Å². The highest BCUT2D eigenvalue weighted by Crippen LogP contribution is 2.21. The first-order valence-electron chi connectivity index (χ1n) is 6.71. The molecule has 1 aromatic heterocycles. The summed E-state index contributed by atoms with van der Waals surface area (Å²) in [6.45, 7) is 2.94. The molecular formula is C13H19N3O4. The number of hydrogen-bond acceptors (Lipinski definition) is 4. The average molecular weight is 281 g/mol. The van der Waals surface area contributed by atoms with Gasteiger partial charge in [0, 0.05) is 18.4 Å². The van der Waals surface area contributed by atoms with Crippen molar-refractivity contribution >= 4 is 11.9 Å². The Kier molecular flexibility index (Phi) is 4.73. The molecule has 1 amide bonds. The Hall–Kier alpha value is -1.89. The minimum Gasteiger partial charge on any atom is -0.481 e. The van der Waals surface area contributed by atoms with Gasteiger partial charge in [0.1, 0.15) is 5.92 Å². The van der Waals surface area contributed by atoms with Crippen LogP contribution < -0.4 is 0 Å². The van der Waals surface area contributed by atoms with Gasteiger partial charge in [-0.05, 0) is 12.5 Å². The van der Waals surface area contributed by atoms with Gasteiger partial charge in [-0.15, -0.1) is 0 Å². The van der Waals surface area contributed by atoms with Crippen molar-refractivity contribution in [2.24, 2.45) is 5.92 Å². The molecule has 1 saturated heterocycles. The van der Waals surface area contributed by atoms with Gasteiger partial charge in [0.15, 0.2) is 0 Å². The van der Waals surface area contributed by atoms with Crippen LogP contribution in [0.25, 0.3) is 0 Å². The zero-order valence-corrected chi connectivity index (χ0v) is 11.4. The van der Waals surface area contributed by atoms with Crippen molar-refractivity contribution in [1.82, 2.24) is 15.1 Å². The quantitative estimate of drug-likeness (QED) is 0.781. The van der Waals surface area contributed by atoms with Crippen molar-refractivity contribution in [2.45, 2.75) is 25.8 Å². The SMILES string of the molecule is CCCN(C(=O)Cc1ccn[nH]1)C1COCC1C(=O)O. The first-order chi connectivity index (χ1) is 9.63. The van der Waals surface area contributed by atoms with Gasteiger partial charge in [-0.1, -0.05) is 6.92 Å². The van der Waals surface area contributed by atoms with Crippen LogP contribution in [0.3, 0.4) is 0 Å². The third-order valence-corrected chi connectivity index (χ3v) is 3.45. The van der Waals surface area contributed by atoms with Crippen LogP contribution in [0.5, 0.6) is 0 Å². The monoisotopic (exact) mass is 281 g/mol. The number of carboxylic acids is 1. The van der Waals surface area contributed by atoms with E-state index in [4.69, 9.17) is 4.74 Å². The number of aromatic amines is 1. The Balaban J connectivity index is 2.09. The predicted octanol–water partition coefficient (Wildman–Crippen LogP) is 0.290. The van der Waals surface area contributed by atoms with Crippen LogP contribution in [0, 0.1) is 5.92 Å². The second-order valence-electron chi connectivity index (χ2n) is 4.90. The van der Waals surface area contributed by atoms with Crippen molar-refractivity contribution in [1.29, 1.82) is 0 Å². The second-order valence-corrected chi connectivity index (χ2v) is 4.90. The molecule has 2 unspecified atom stereocenters. The van der Waals surface area contributed by atoms with Crippen LogP contribution in [0.1, 0.15) is 19.0 Å². The largest absolute Gasteiger partial charge is 0.481 e. The number of rotatable bonds is 6. The molecule has 2 atom stereocenters. The first-order valence-corrected chi connectivity index (χ1v) is 6.71. The second kappa shape index (κ2) is 6.51. The number of H-pyrrole nitrogens is 1. The van der Waals surface area contributed by atoms with Gasteiger partial charge in [-0.25, -0.2) is 0 Å². The summed E-state index contributed by atoms with van der Waals surface area (Å²) in [4.78, 5) is 25.2. The van der Waals surface area contributed by atoms with E-state index in [1.807, 2.05) is 6.92 Å². The van der Waals surface area contributed by atoms with E-state index >= 15 is 0 Å². The molecule has 1 aromatic rings. The fraction of sp³-hybridized carbons (Fsp3) is 0.615. The molecular weight excluding hydrogens is 262 g/mol. The van der Waals surface area contributed by atoms with E-state index in [9.17, 15) is 14.7 Å². The van der Waals surface area contributed by atoms with Gasteiger partial charge < -0.3 is 14.7 Å². The third-order valence-electron chi connectivity index (χ3n) is 3.45. The van der Waals surface area contributed by atoms with Crippen LogP contribution in [-0.2, 0) is 20.7 Å². The van der Waals surface area contributed by atoms with Crippen LogP contribution in [0.15, 0.2) is 12.3 Å². The highest BCUT2D eigenvalue weighted by Gasteiger charge is 2.39. The Morgan fingerprint density at radius 1 is 1.55 bits per heavy atom. The summed E-state index contributed by atoms with van der Waals surface area (Å²) in [6.07, 6.45) is 2.56. The maximum absolute atomic E-state index is 12.4. The van der Waals surface area contributed by atoms with Gasteiger partial charge in [-0.3, -0.25) is 14.7 Å². The van der Waals surface area contributed by atoms with E-state index in [0.717, 1.165) is 12.1 Å². The summed E-state index contributed by atoms with van der Waals surface area (Å²) >= 11 is 0. The smallest absolute Gasteiger partial charge is 0.311 e. The zero-order chi connectivity index (χ0) is 14.5. The number of hydrogen-bond donors (Lipinski definition) is 2. The summed E-state index contributed by atoms with van der Waals surface area (Å²) in [5.41, 5.74) is 0.724. The number of amides is 1. The summed E-state index contributed by atoms with van der Waals surface area (Å²) in [6, 6.07) is 1.35. The summed E-state index contributed by atoms with van der Waals surface area (Å²) < 4.78 is 5.25. The molecule has 0 bridgehead atoms. The number of carbonyl (C=O) groups is 2. The first kappa shape index (κ1) is 14.5. The Bertz CT molecular complexity index is 460. The highest BCUT2D eigenvalue weighted by atomic mass is 16.5. The van der Waals surface area contributed by atoms with Crippen molar-refractivity contribution in [2.75, 3.05) is 19.8 Å². The van der Waals surface area contributed by atoms with Crippen LogP contribution in [-0.4, -0.2) is 57.9 Å². The molecule has 20 heavy (non-hydrogen) atoms. The maximum Gasteiger partial charge on any atom is 0.311 e. The Labute approximate surface area is 116 Å². The summed E-state index contributed by atoms with van der Waals surface area (Å²) in [5.74, 6) is -1.66. The lowest BCUT2D eigenvalue weighted by Gasteiger charge is -2.30. The number of carboxylic acid groups (broad SMARTS) is 1. The van der Waals surface area contributed by atoms with Crippen molar-refractivity contribution in [3.63, 3.8) is 0 Å². The molecule has 7 nitrogen and oxygen atoms in total. The molecule has 2 N–H and O–H groups in total. The van der Waals surface area contributed by atoms with Crippen molar-refractivity contribution in [3.8, 4) is 0 Å². The normalized spacial score (nSPS) is 21.9. The molecule has 1 aliphatic rings. The lowest BCUT2D eigenvalue weighted by molar-refractivity contribution is -0.145. The fourth-order valence-electron chi connectivity index (χ4n) is 2.45. The van der Waals surface area contributed by atoms with E-state index < -0.39 is 11.9 Å². The fourth-order valence-corrected chi connectivity index (χ4v) is 2.45. The van der Waals surface area contributed by atoms with Crippen molar-refractivity contribution < 1.29 is 19.4 Å². The minimum absolute atomic E-state index is 0.0992. The van der Waals surface area contributed by atoms with E-state index in [2.05, 4.69) is 10.2 Å². The molecule has 110 valence electrons. The van der Waals surface area contributed by atoms with E-state index in [-0.39, 0.29) is 31.6 Å². The predicted molar refractivity (Wildman–Crippen MR) is 70.0 cm³/mol. The van der Waals surface area contributed by atoms with Gasteiger partial charge >= 0.3 is 5.97 Å². The van der Waals surface area contributed by atoms with Crippen LogP contribution in [0.2, 0.25) is 0 Å². The molecule has 0 aliphatic carbocycles. The number of nitrogens with one attached hydrogen (secondary N) is 1.